The maximum Gasteiger partial charge on any atom is 0.0932 e. The van der Waals surface area contributed by atoms with Gasteiger partial charge in [-0.05, 0) is 18.8 Å². The van der Waals surface area contributed by atoms with Crippen LogP contribution in [0, 0.1) is 5.92 Å². The summed E-state index contributed by atoms with van der Waals surface area (Å²) in [5.41, 5.74) is 0. The molecule has 4 heteroatoms. The number of hydrogen-bond acceptors (Lipinski definition) is 4. The zero-order chi connectivity index (χ0) is 12.1. The summed E-state index contributed by atoms with van der Waals surface area (Å²) in [7, 11) is 0. The number of aliphatic hydroxyl groups is 2. The van der Waals surface area contributed by atoms with Crippen molar-refractivity contribution in [1.29, 1.82) is 0 Å². The van der Waals surface area contributed by atoms with Crippen molar-refractivity contribution >= 4 is 0 Å². The Bertz CT molecular complexity index is 225. The Morgan fingerprint density at radius 3 is 2.82 bits per heavy atom. The van der Waals surface area contributed by atoms with E-state index in [0.29, 0.717) is 12.5 Å². The Morgan fingerprint density at radius 1 is 1.18 bits per heavy atom. The molecule has 1 heterocycles. The molecule has 3 unspecified atom stereocenters. The lowest BCUT2D eigenvalue weighted by molar-refractivity contribution is -0.0617. The fourth-order valence-electron chi connectivity index (χ4n) is 2.97. The van der Waals surface area contributed by atoms with Gasteiger partial charge in [-0.2, -0.15) is 0 Å². The molecule has 0 aromatic heterocycles. The van der Waals surface area contributed by atoms with E-state index in [9.17, 15) is 5.11 Å². The third kappa shape index (κ3) is 3.91. The van der Waals surface area contributed by atoms with Gasteiger partial charge in [0.2, 0.25) is 0 Å². The van der Waals surface area contributed by atoms with Gasteiger partial charge in [-0.25, -0.2) is 0 Å². The first kappa shape index (κ1) is 13.3. The van der Waals surface area contributed by atoms with Crippen LogP contribution < -0.4 is 0 Å². The molecule has 2 fully saturated rings. The van der Waals surface area contributed by atoms with Gasteiger partial charge in [-0.1, -0.05) is 19.3 Å². The molecule has 1 saturated heterocycles. The molecule has 0 amide bonds. The summed E-state index contributed by atoms with van der Waals surface area (Å²) < 4.78 is 5.44. The number of rotatable bonds is 3. The molecular formula is C13H25NO3. The molecule has 0 aromatic carbocycles. The summed E-state index contributed by atoms with van der Waals surface area (Å²) >= 11 is 0. The van der Waals surface area contributed by atoms with E-state index >= 15 is 0 Å². The van der Waals surface area contributed by atoms with E-state index in [2.05, 4.69) is 4.90 Å². The highest BCUT2D eigenvalue weighted by Crippen LogP contribution is 2.24. The third-order valence-corrected chi connectivity index (χ3v) is 4.04. The van der Waals surface area contributed by atoms with Crippen LogP contribution >= 0.6 is 0 Å². The van der Waals surface area contributed by atoms with Crippen molar-refractivity contribution in [3.63, 3.8) is 0 Å². The van der Waals surface area contributed by atoms with Gasteiger partial charge in [-0.15, -0.1) is 0 Å². The van der Waals surface area contributed by atoms with Gasteiger partial charge in [0, 0.05) is 19.6 Å². The van der Waals surface area contributed by atoms with E-state index in [1.165, 1.54) is 19.3 Å². The van der Waals surface area contributed by atoms with Gasteiger partial charge in [0.05, 0.1) is 25.4 Å². The molecule has 0 aromatic rings. The van der Waals surface area contributed by atoms with Crippen LogP contribution in [0.5, 0.6) is 0 Å². The second-order valence-electron chi connectivity index (χ2n) is 5.40. The van der Waals surface area contributed by atoms with Gasteiger partial charge in [0.1, 0.15) is 0 Å². The van der Waals surface area contributed by atoms with Gasteiger partial charge >= 0.3 is 0 Å². The Morgan fingerprint density at radius 2 is 2.00 bits per heavy atom. The van der Waals surface area contributed by atoms with Gasteiger partial charge < -0.3 is 14.9 Å². The average Bonchev–Trinajstić information content (AvgIpc) is 2.55. The lowest BCUT2D eigenvalue weighted by Gasteiger charge is -2.35. The van der Waals surface area contributed by atoms with Crippen LogP contribution in [0.4, 0.5) is 0 Å². The first-order valence-electron chi connectivity index (χ1n) is 6.92. The number of nitrogens with zero attached hydrogens (tertiary/aromatic N) is 1. The highest BCUT2D eigenvalue weighted by Gasteiger charge is 2.26. The fourth-order valence-corrected chi connectivity index (χ4v) is 2.97. The van der Waals surface area contributed by atoms with E-state index in [1.54, 1.807) is 0 Å². The SMILES string of the molecule is OCC1CN(CC2CCCCCC2O)CCO1. The predicted octanol–water partition coefficient (Wildman–Crippen LogP) is 0.621. The van der Waals surface area contributed by atoms with Crippen molar-refractivity contribution < 1.29 is 14.9 Å². The van der Waals surface area contributed by atoms with E-state index in [0.717, 1.165) is 32.5 Å². The van der Waals surface area contributed by atoms with Crippen LogP contribution in [0.15, 0.2) is 0 Å². The highest BCUT2D eigenvalue weighted by atomic mass is 16.5. The van der Waals surface area contributed by atoms with Crippen molar-refractivity contribution in [2.24, 2.45) is 5.92 Å². The molecule has 0 spiro atoms. The number of morpholine rings is 1. The van der Waals surface area contributed by atoms with Crippen LogP contribution in [-0.4, -0.2) is 60.2 Å². The minimum Gasteiger partial charge on any atom is -0.394 e. The fraction of sp³-hybridized carbons (Fsp3) is 1.00. The summed E-state index contributed by atoms with van der Waals surface area (Å²) in [6.07, 6.45) is 5.60. The lowest BCUT2D eigenvalue weighted by atomic mass is 9.96. The molecule has 4 nitrogen and oxygen atoms in total. The molecule has 0 radical (unpaired) electrons. The van der Waals surface area contributed by atoms with Gasteiger partial charge in [0.15, 0.2) is 0 Å². The Kier molecular flexibility index (Phi) is 5.22. The second kappa shape index (κ2) is 6.69. The monoisotopic (exact) mass is 243 g/mol. The van der Waals surface area contributed by atoms with E-state index in [4.69, 9.17) is 9.84 Å². The molecule has 1 saturated carbocycles. The molecule has 17 heavy (non-hydrogen) atoms. The molecular weight excluding hydrogens is 218 g/mol. The van der Waals surface area contributed by atoms with Crippen LogP contribution in [0.25, 0.3) is 0 Å². The number of aliphatic hydroxyl groups excluding tert-OH is 2. The maximum absolute atomic E-state index is 10.1. The Labute approximate surface area is 104 Å². The zero-order valence-electron chi connectivity index (χ0n) is 10.6. The Balaban J connectivity index is 1.81. The van der Waals surface area contributed by atoms with Crippen LogP contribution in [-0.2, 0) is 4.74 Å². The molecule has 2 rings (SSSR count). The molecule has 100 valence electrons. The summed E-state index contributed by atoms with van der Waals surface area (Å²) in [5.74, 6) is 0.412. The molecule has 1 aliphatic heterocycles. The molecule has 2 aliphatic rings. The van der Waals surface area contributed by atoms with Crippen molar-refractivity contribution in [2.45, 2.75) is 44.3 Å². The highest BCUT2D eigenvalue weighted by molar-refractivity contribution is 4.79. The first-order chi connectivity index (χ1) is 8.29. The minimum atomic E-state index is -0.132. The normalized spacial score (nSPS) is 36.7. The lowest BCUT2D eigenvalue weighted by Crippen LogP contribution is -2.47. The zero-order valence-corrected chi connectivity index (χ0v) is 10.6. The number of hydrogen-bond donors (Lipinski definition) is 2. The smallest absolute Gasteiger partial charge is 0.0932 e. The van der Waals surface area contributed by atoms with Crippen LogP contribution in [0.2, 0.25) is 0 Å². The van der Waals surface area contributed by atoms with Crippen molar-refractivity contribution in [1.82, 2.24) is 4.90 Å². The minimum absolute atomic E-state index is 0.0355. The maximum atomic E-state index is 10.1. The summed E-state index contributed by atoms with van der Waals surface area (Å²) in [6.45, 7) is 3.50. The van der Waals surface area contributed by atoms with Crippen LogP contribution in [0.3, 0.4) is 0 Å². The molecule has 3 atom stereocenters. The van der Waals surface area contributed by atoms with Crippen LogP contribution in [0.1, 0.15) is 32.1 Å². The third-order valence-electron chi connectivity index (χ3n) is 4.04. The van der Waals surface area contributed by atoms with Crippen molar-refractivity contribution in [2.75, 3.05) is 32.8 Å². The number of ether oxygens (including phenoxy) is 1. The molecule has 2 N–H and O–H groups in total. The van der Waals surface area contributed by atoms with E-state index in [1.807, 2.05) is 0 Å². The van der Waals surface area contributed by atoms with Gasteiger partial charge in [0.25, 0.3) is 0 Å². The van der Waals surface area contributed by atoms with E-state index < -0.39 is 0 Å². The van der Waals surface area contributed by atoms with E-state index in [-0.39, 0.29) is 18.8 Å². The summed E-state index contributed by atoms with van der Waals surface area (Å²) in [4.78, 5) is 2.34. The topological polar surface area (TPSA) is 52.9 Å². The predicted molar refractivity (Wildman–Crippen MR) is 65.8 cm³/mol. The summed E-state index contributed by atoms with van der Waals surface area (Å²) in [6, 6.07) is 0. The second-order valence-corrected chi connectivity index (χ2v) is 5.40. The average molecular weight is 243 g/mol. The summed E-state index contributed by atoms with van der Waals surface area (Å²) in [5, 5.41) is 19.2. The largest absolute Gasteiger partial charge is 0.394 e. The quantitative estimate of drug-likeness (QED) is 0.714. The Hall–Kier alpha value is -0.160. The molecule has 1 aliphatic carbocycles. The standard InChI is InChI=1S/C13H25NO3/c15-10-12-9-14(6-7-17-12)8-11-4-2-1-3-5-13(11)16/h11-13,15-16H,1-10H2. The van der Waals surface area contributed by atoms with Crippen molar-refractivity contribution in [3.05, 3.63) is 0 Å². The van der Waals surface area contributed by atoms with Crippen molar-refractivity contribution in [3.8, 4) is 0 Å². The first-order valence-corrected chi connectivity index (χ1v) is 6.92. The van der Waals surface area contributed by atoms with Gasteiger partial charge in [-0.3, -0.25) is 4.90 Å². The molecule has 0 bridgehead atoms.